The van der Waals surface area contributed by atoms with E-state index in [0.717, 1.165) is 39.3 Å². The van der Waals surface area contributed by atoms with E-state index in [-0.39, 0.29) is 0 Å². The summed E-state index contributed by atoms with van der Waals surface area (Å²) in [7, 11) is 0. The summed E-state index contributed by atoms with van der Waals surface area (Å²) in [6.45, 7) is 9.30. The van der Waals surface area contributed by atoms with Gasteiger partial charge in [-0.05, 0) is 38.1 Å². The highest BCUT2D eigenvalue weighted by molar-refractivity contribution is 7.13. The van der Waals surface area contributed by atoms with E-state index in [1.54, 1.807) is 11.3 Å². The Morgan fingerprint density at radius 1 is 0.833 bits per heavy atom. The molecule has 0 N–H and O–H groups in total. The van der Waals surface area contributed by atoms with Crippen molar-refractivity contribution in [2.45, 2.75) is 32.4 Å². The Balaban J connectivity index is 1.26. The molecular weight excluding hydrogens is 336 g/mol. The van der Waals surface area contributed by atoms with Gasteiger partial charge in [0, 0.05) is 60.6 Å². The van der Waals surface area contributed by atoms with E-state index >= 15 is 0 Å². The number of aromatic nitrogens is 1. The van der Waals surface area contributed by atoms with E-state index in [1.165, 1.54) is 47.2 Å². The summed E-state index contributed by atoms with van der Waals surface area (Å²) in [5, 5.41) is 3.24. The fourth-order valence-electron chi connectivity index (χ4n) is 3.62. The van der Waals surface area contributed by atoms with E-state index in [0.29, 0.717) is 0 Å². The summed E-state index contributed by atoms with van der Waals surface area (Å²) >= 11 is 3.76. The Morgan fingerprint density at radius 3 is 2.12 bits per heavy atom. The number of thiophene rings is 1. The number of anilines is 1. The van der Waals surface area contributed by atoms with Gasteiger partial charge >= 0.3 is 0 Å². The number of hydrogen-bond donors (Lipinski definition) is 0. The Hall–Kier alpha value is -0.950. The van der Waals surface area contributed by atoms with Gasteiger partial charge in [-0.1, -0.05) is 6.42 Å². The fourth-order valence-corrected chi connectivity index (χ4v) is 5.42. The van der Waals surface area contributed by atoms with Gasteiger partial charge in [-0.2, -0.15) is 0 Å². The SMILES string of the molecule is c1csc(N2CCN(Cc3ccc(CN4CCCCC4)s3)CC2)n1. The molecule has 2 aromatic rings. The van der Waals surface area contributed by atoms with Gasteiger partial charge < -0.3 is 4.90 Å². The lowest BCUT2D eigenvalue weighted by molar-refractivity contribution is 0.222. The molecule has 2 aliphatic heterocycles. The second kappa shape index (κ2) is 7.95. The minimum atomic E-state index is 1.10. The summed E-state index contributed by atoms with van der Waals surface area (Å²) < 4.78 is 0. The Kier molecular flexibility index (Phi) is 5.47. The molecule has 0 atom stereocenters. The predicted octanol–water partition coefficient (Wildman–Crippen LogP) is 3.51. The van der Waals surface area contributed by atoms with Crippen LogP contribution in [-0.2, 0) is 13.1 Å². The van der Waals surface area contributed by atoms with E-state index in [2.05, 4.69) is 37.2 Å². The first-order chi connectivity index (χ1) is 11.9. The predicted molar refractivity (Wildman–Crippen MR) is 103 cm³/mol. The molecule has 2 saturated heterocycles. The quantitative estimate of drug-likeness (QED) is 0.812. The molecule has 6 heteroatoms. The molecule has 4 nitrogen and oxygen atoms in total. The molecule has 0 aromatic carbocycles. The lowest BCUT2D eigenvalue weighted by Gasteiger charge is -2.34. The van der Waals surface area contributed by atoms with Crippen molar-refractivity contribution < 1.29 is 0 Å². The minimum absolute atomic E-state index is 1.10. The molecule has 4 heterocycles. The molecule has 0 radical (unpaired) electrons. The first-order valence-electron chi connectivity index (χ1n) is 9.03. The molecule has 2 aliphatic rings. The molecule has 0 saturated carbocycles. The van der Waals surface area contributed by atoms with E-state index in [1.807, 2.05) is 17.5 Å². The molecular formula is C18H26N4S2. The zero-order chi connectivity index (χ0) is 16.2. The molecule has 24 heavy (non-hydrogen) atoms. The normalized spacial score (nSPS) is 20.6. The van der Waals surface area contributed by atoms with Crippen molar-refractivity contribution in [3.8, 4) is 0 Å². The number of nitrogens with zero attached hydrogens (tertiary/aromatic N) is 4. The number of hydrogen-bond acceptors (Lipinski definition) is 6. The molecule has 130 valence electrons. The van der Waals surface area contributed by atoms with Crippen LogP contribution in [0.15, 0.2) is 23.7 Å². The third-order valence-corrected chi connectivity index (χ3v) is 6.87. The van der Waals surface area contributed by atoms with Crippen LogP contribution >= 0.6 is 22.7 Å². The molecule has 0 aliphatic carbocycles. The highest BCUT2D eigenvalue weighted by atomic mass is 32.1. The summed E-state index contributed by atoms with van der Waals surface area (Å²) in [5.74, 6) is 0. The lowest BCUT2D eigenvalue weighted by Crippen LogP contribution is -2.45. The first kappa shape index (κ1) is 16.5. The lowest BCUT2D eigenvalue weighted by atomic mass is 10.1. The van der Waals surface area contributed by atoms with Gasteiger partial charge in [0.1, 0.15) is 0 Å². The van der Waals surface area contributed by atoms with Crippen LogP contribution in [-0.4, -0.2) is 54.1 Å². The Morgan fingerprint density at radius 2 is 1.50 bits per heavy atom. The minimum Gasteiger partial charge on any atom is -0.346 e. The van der Waals surface area contributed by atoms with Crippen molar-refractivity contribution in [2.24, 2.45) is 0 Å². The van der Waals surface area contributed by atoms with Gasteiger partial charge in [0.2, 0.25) is 0 Å². The van der Waals surface area contributed by atoms with E-state index < -0.39 is 0 Å². The van der Waals surface area contributed by atoms with Crippen LogP contribution < -0.4 is 4.90 Å². The molecule has 0 amide bonds. The average molecular weight is 363 g/mol. The number of likely N-dealkylation sites (tertiary alicyclic amines) is 1. The molecule has 0 spiro atoms. The van der Waals surface area contributed by atoms with Crippen LogP contribution in [0.25, 0.3) is 0 Å². The second-order valence-electron chi connectivity index (χ2n) is 6.78. The zero-order valence-electron chi connectivity index (χ0n) is 14.2. The number of thiazole rings is 1. The summed E-state index contributed by atoms with van der Waals surface area (Å²) in [5.41, 5.74) is 0. The standard InChI is InChI=1S/C18H26N4S2/c1-2-7-20(8-3-1)14-16-4-5-17(24-16)15-21-9-11-22(12-10-21)18-19-6-13-23-18/h4-6,13H,1-3,7-12,14-15H2. The van der Waals surface area contributed by atoms with Crippen molar-refractivity contribution in [1.82, 2.24) is 14.8 Å². The molecule has 4 rings (SSSR count). The number of piperazine rings is 1. The van der Waals surface area contributed by atoms with Crippen molar-refractivity contribution in [3.05, 3.63) is 33.5 Å². The molecule has 2 fully saturated rings. The average Bonchev–Trinajstić information content (AvgIpc) is 3.29. The van der Waals surface area contributed by atoms with E-state index in [9.17, 15) is 0 Å². The van der Waals surface area contributed by atoms with Gasteiger partial charge in [-0.3, -0.25) is 9.80 Å². The summed E-state index contributed by atoms with van der Waals surface area (Å²) in [4.78, 5) is 15.1. The topological polar surface area (TPSA) is 22.6 Å². The Bertz CT molecular complexity index is 611. The van der Waals surface area contributed by atoms with Crippen LogP contribution in [0.4, 0.5) is 5.13 Å². The van der Waals surface area contributed by atoms with Gasteiger partial charge in [-0.25, -0.2) is 4.98 Å². The maximum atomic E-state index is 4.43. The van der Waals surface area contributed by atoms with Crippen LogP contribution in [0.3, 0.4) is 0 Å². The van der Waals surface area contributed by atoms with E-state index in [4.69, 9.17) is 0 Å². The highest BCUT2D eigenvalue weighted by Crippen LogP contribution is 2.23. The van der Waals surface area contributed by atoms with Crippen LogP contribution in [0, 0.1) is 0 Å². The third-order valence-electron chi connectivity index (χ3n) is 4.99. The van der Waals surface area contributed by atoms with Gasteiger partial charge in [0.15, 0.2) is 5.13 Å². The number of piperidine rings is 1. The van der Waals surface area contributed by atoms with Crippen molar-refractivity contribution in [1.29, 1.82) is 0 Å². The largest absolute Gasteiger partial charge is 0.346 e. The first-order valence-corrected chi connectivity index (χ1v) is 10.7. The Labute approximate surface area is 152 Å². The van der Waals surface area contributed by atoms with Gasteiger partial charge in [-0.15, -0.1) is 22.7 Å². The van der Waals surface area contributed by atoms with Crippen LogP contribution in [0.1, 0.15) is 29.0 Å². The second-order valence-corrected chi connectivity index (χ2v) is 8.91. The third kappa shape index (κ3) is 4.17. The van der Waals surface area contributed by atoms with Crippen molar-refractivity contribution in [2.75, 3.05) is 44.2 Å². The summed E-state index contributed by atoms with van der Waals surface area (Å²) in [6.07, 6.45) is 6.07. The summed E-state index contributed by atoms with van der Waals surface area (Å²) in [6, 6.07) is 4.69. The molecule has 0 bridgehead atoms. The highest BCUT2D eigenvalue weighted by Gasteiger charge is 2.19. The van der Waals surface area contributed by atoms with Crippen LogP contribution in [0.5, 0.6) is 0 Å². The van der Waals surface area contributed by atoms with Gasteiger partial charge in [0.25, 0.3) is 0 Å². The maximum absolute atomic E-state index is 4.43. The fraction of sp³-hybridized carbons (Fsp3) is 0.611. The maximum Gasteiger partial charge on any atom is 0.185 e. The van der Waals surface area contributed by atoms with Crippen LogP contribution in [0.2, 0.25) is 0 Å². The number of rotatable bonds is 5. The molecule has 2 aromatic heterocycles. The van der Waals surface area contributed by atoms with Crippen molar-refractivity contribution in [3.63, 3.8) is 0 Å². The zero-order valence-corrected chi connectivity index (χ0v) is 15.8. The smallest absolute Gasteiger partial charge is 0.185 e. The monoisotopic (exact) mass is 362 g/mol. The molecule has 0 unspecified atom stereocenters. The van der Waals surface area contributed by atoms with Crippen molar-refractivity contribution >= 4 is 27.8 Å². The van der Waals surface area contributed by atoms with Gasteiger partial charge in [0.05, 0.1) is 0 Å².